The molecule has 1 aromatic heterocycles. The molecule has 2 aliphatic rings. The molecule has 0 saturated carbocycles. The summed E-state index contributed by atoms with van der Waals surface area (Å²) in [5, 5.41) is 0. The van der Waals surface area contributed by atoms with E-state index in [0.717, 1.165) is 73.7 Å². The van der Waals surface area contributed by atoms with Crippen LogP contribution in [0.2, 0.25) is 0 Å². The second-order valence-electron chi connectivity index (χ2n) is 9.48. The molecule has 2 aliphatic heterocycles. The summed E-state index contributed by atoms with van der Waals surface area (Å²) in [5.41, 5.74) is 3.58. The number of imidazole rings is 1. The zero-order valence-corrected chi connectivity index (χ0v) is 20.6. The van der Waals surface area contributed by atoms with E-state index >= 15 is 0 Å². The lowest BCUT2D eigenvalue weighted by Gasteiger charge is -2.34. The summed E-state index contributed by atoms with van der Waals surface area (Å²) in [5.74, 6) is 2.00. The third-order valence-corrected chi connectivity index (χ3v) is 7.19. The molecule has 0 N–H and O–H groups in total. The van der Waals surface area contributed by atoms with Gasteiger partial charge in [0.2, 0.25) is 5.91 Å². The lowest BCUT2D eigenvalue weighted by Crippen LogP contribution is -2.48. The molecule has 0 radical (unpaired) electrons. The van der Waals surface area contributed by atoms with Crippen molar-refractivity contribution in [3.8, 4) is 5.75 Å². The molecule has 2 saturated heterocycles. The highest BCUT2D eigenvalue weighted by Crippen LogP contribution is 2.21. The average molecular weight is 476 g/mol. The fraction of sp³-hybridized carbons (Fsp3) is 0.444. The Balaban J connectivity index is 1.19. The minimum atomic E-state index is 0.103. The van der Waals surface area contributed by atoms with Crippen LogP contribution in [0.4, 0.5) is 0 Å². The van der Waals surface area contributed by atoms with Gasteiger partial charge in [-0.1, -0.05) is 12.1 Å². The number of hydrogen-bond donors (Lipinski definition) is 0. The van der Waals surface area contributed by atoms with E-state index in [4.69, 9.17) is 9.72 Å². The van der Waals surface area contributed by atoms with Crippen LogP contribution in [0.1, 0.15) is 34.6 Å². The van der Waals surface area contributed by atoms with Crippen LogP contribution in [0, 0.1) is 0 Å². The predicted molar refractivity (Wildman–Crippen MR) is 134 cm³/mol. The first-order valence-electron chi connectivity index (χ1n) is 12.4. The molecule has 184 valence electrons. The molecule has 0 bridgehead atoms. The Morgan fingerprint density at radius 2 is 1.71 bits per heavy atom. The van der Waals surface area contributed by atoms with Gasteiger partial charge in [-0.25, -0.2) is 4.98 Å². The zero-order valence-electron chi connectivity index (χ0n) is 20.6. The summed E-state index contributed by atoms with van der Waals surface area (Å²) in [6, 6.07) is 13.5. The maximum Gasteiger partial charge on any atom is 0.253 e. The van der Waals surface area contributed by atoms with E-state index in [9.17, 15) is 9.59 Å². The summed E-state index contributed by atoms with van der Waals surface area (Å²) in [6.07, 6.45) is 2.56. The first-order chi connectivity index (χ1) is 17.0. The standard InChI is InChI=1S/C27H33N5O3/c1-29-24-9-8-21(27(34)32-10-3-4-11-32)18-23(24)28-25(29)19-30-12-14-31(15-13-30)26(33)17-20-6-5-7-22(16-20)35-2/h5-9,16,18H,3-4,10-15,17,19H2,1-2H3. The van der Waals surface area contributed by atoms with Crippen molar-refractivity contribution in [2.75, 3.05) is 46.4 Å². The number of piperazine rings is 1. The number of benzene rings is 2. The highest BCUT2D eigenvalue weighted by atomic mass is 16.5. The summed E-state index contributed by atoms with van der Waals surface area (Å²) in [6.45, 7) is 5.45. The lowest BCUT2D eigenvalue weighted by atomic mass is 10.1. The quantitative estimate of drug-likeness (QED) is 0.548. The third kappa shape index (κ3) is 5.03. The summed E-state index contributed by atoms with van der Waals surface area (Å²) in [7, 11) is 3.67. The van der Waals surface area contributed by atoms with Gasteiger partial charge < -0.3 is 19.1 Å². The number of nitrogens with zero attached hydrogens (tertiary/aromatic N) is 5. The van der Waals surface area contributed by atoms with Gasteiger partial charge in [-0.3, -0.25) is 14.5 Å². The van der Waals surface area contributed by atoms with Crippen molar-refractivity contribution in [2.45, 2.75) is 25.8 Å². The molecule has 0 atom stereocenters. The van der Waals surface area contributed by atoms with E-state index in [0.29, 0.717) is 25.1 Å². The molecule has 8 nitrogen and oxygen atoms in total. The van der Waals surface area contributed by atoms with Gasteiger partial charge in [0.1, 0.15) is 11.6 Å². The largest absolute Gasteiger partial charge is 0.497 e. The molecule has 0 spiro atoms. The van der Waals surface area contributed by atoms with Crippen molar-refractivity contribution >= 4 is 22.8 Å². The summed E-state index contributed by atoms with van der Waals surface area (Å²) >= 11 is 0. The molecule has 3 heterocycles. The number of likely N-dealkylation sites (tertiary alicyclic amines) is 1. The number of amides is 2. The van der Waals surface area contributed by atoms with E-state index < -0.39 is 0 Å². The van der Waals surface area contributed by atoms with Crippen LogP contribution in [0.5, 0.6) is 5.75 Å². The van der Waals surface area contributed by atoms with Crippen LogP contribution >= 0.6 is 0 Å². The maximum absolute atomic E-state index is 12.8. The summed E-state index contributed by atoms with van der Waals surface area (Å²) < 4.78 is 7.38. The lowest BCUT2D eigenvalue weighted by molar-refractivity contribution is -0.132. The van der Waals surface area contributed by atoms with Gasteiger partial charge in [0.05, 0.1) is 31.1 Å². The number of aryl methyl sites for hydroxylation is 1. The Kier molecular flexibility index (Phi) is 6.72. The Morgan fingerprint density at radius 3 is 2.46 bits per heavy atom. The number of ether oxygens (including phenoxy) is 1. The number of carbonyl (C=O) groups is 2. The highest BCUT2D eigenvalue weighted by molar-refractivity contribution is 5.97. The molecular weight excluding hydrogens is 442 g/mol. The van der Waals surface area contributed by atoms with Gasteiger partial charge in [0, 0.05) is 51.9 Å². The number of methoxy groups -OCH3 is 1. The second-order valence-corrected chi connectivity index (χ2v) is 9.48. The van der Waals surface area contributed by atoms with E-state index in [1.165, 1.54) is 0 Å². The molecule has 2 amide bonds. The second kappa shape index (κ2) is 10.1. The topological polar surface area (TPSA) is 70.9 Å². The molecule has 35 heavy (non-hydrogen) atoms. The van der Waals surface area contributed by atoms with E-state index in [2.05, 4.69) is 9.47 Å². The molecule has 8 heteroatoms. The molecule has 2 fully saturated rings. The first-order valence-corrected chi connectivity index (χ1v) is 12.4. The van der Waals surface area contributed by atoms with Crippen LogP contribution in [0.15, 0.2) is 42.5 Å². The van der Waals surface area contributed by atoms with Crippen molar-refractivity contribution in [2.24, 2.45) is 7.05 Å². The van der Waals surface area contributed by atoms with Crippen molar-refractivity contribution in [3.05, 3.63) is 59.4 Å². The monoisotopic (exact) mass is 475 g/mol. The SMILES string of the molecule is COc1cccc(CC(=O)N2CCN(Cc3nc4cc(C(=O)N5CCCC5)ccc4n3C)CC2)c1. The van der Waals surface area contributed by atoms with Gasteiger partial charge in [-0.15, -0.1) is 0 Å². The third-order valence-electron chi connectivity index (χ3n) is 7.19. The average Bonchev–Trinajstić information content (AvgIpc) is 3.52. The number of fused-ring (bicyclic) bond motifs is 1. The smallest absolute Gasteiger partial charge is 0.253 e. The Bertz CT molecular complexity index is 1220. The highest BCUT2D eigenvalue weighted by Gasteiger charge is 2.24. The number of aromatic nitrogens is 2. The van der Waals surface area contributed by atoms with Gasteiger partial charge in [-0.05, 0) is 48.7 Å². The molecule has 2 aromatic carbocycles. The minimum Gasteiger partial charge on any atom is -0.497 e. The van der Waals surface area contributed by atoms with Gasteiger partial charge >= 0.3 is 0 Å². The van der Waals surface area contributed by atoms with E-state index in [1.54, 1.807) is 7.11 Å². The molecule has 5 rings (SSSR count). The van der Waals surface area contributed by atoms with E-state index in [-0.39, 0.29) is 11.8 Å². The van der Waals surface area contributed by atoms with Gasteiger partial charge in [-0.2, -0.15) is 0 Å². The fourth-order valence-electron chi connectivity index (χ4n) is 5.05. The Morgan fingerprint density at radius 1 is 0.943 bits per heavy atom. The van der Waals surface area contributed by atoms with Gasteiger partial charge in [0.15, 0.2) is 0 Å². The number of hydrogen-bond acceptors (Lipinski definition) is 5. The number of carbonyl (C=O) groups excluding carboxylic acids is 2. The normalized spacial score (nSPS) is 16.7. The van der Waals surface area contributed by atoms with Crippen molar-refractivity contribution in [1.82, 2.24) is 24.3 Å². The molecular formula is C27H33N5O3. The van der Waals surface area contributed by atoms with Crippen LogP contribution in [0.3, 0.4) is 0 Å². The van der Waals surface area contributed by atoms with Gasteiger partial charge in [0.25, 0.3) is 5.91 Å². The molecule has 0 unspecified atom stereocenters. The van der Waals surface area contributed by atoms with E-state index in [1.807, 2.05) is 59.3 Å². The van der Waals surface area contributed by atoms with Crippen LogP contribution in [0.25, 0.3) is 11.0 Å². The number of rotatable bonds is 6. The first kappa shape index (κ1) is 23.4. The molecule has 0 aliphatic carbocycles. The maximum atomic E-state index is 12.8. The predicted octanol–water partition coefficient (Wildman–Crippen LogP) is 2.70. The van der Waals surface area contributed by atoms with Crippen molar-refractivity contribution < 1.29 is 14.3 Å². The van der Waals surface area contributed by atoms with Crippen LogP contribution < -0.4 is 4.74 Å². The summed E-state index contributed by atoms with van der Waals surface area (Å²) in [4.78, 5) is 36.7. The van der Waals surface area contributed by atoms with Crippen molar-refractivity contribution in [3.63, 3.8) is 0 Å². The Labute approximate surface area is 206 Å². The zero-order chi connectivity index (χ0) is 24.4. The Hall–Kier alpha value is -3.39. The van der Waals surface area contributed by atoms with Crippen molar-refractivity contribution in [1.29, 1.82) is 0 Å². The molecule has 3 aromatic rings. The fourth-order valence-corrected chi connectivity index (χ4v) is 5.05. The van der Waals surface area contributed by atoms with Crippen LogP contribution in [-0.2, 0) is 24.8 Å². The minimum absolute atomic E-state index is 0.103. The van der Waals surface area contributed by atoms with Crippen LogP contribution in [-0.4, -0.2) is 82.4 Å².